The minimum Gasteiger partial charge on any atom is -0.493 e. The quantitative estimate of drug-likeness (QED) is 0.163. The third kappa shape index (κ3) is 8.84. The second-order valence-corrected chi connectivity index (χ2v) is 13.3. The Bertz CT molecular complexity index is 1760. The molecule has 0 aliphatic carbocycles. The minimum atomic E-state index is -4.27. The van der Waals surface area contributed by atoms with Crippen molar-refractivity contribution in [1.82, 2.24) is 10.2 Å². The highest BCUT2D eigenvalue weighted by molar-refractivity contribution is 7.92. The normalized spacial score (nSPS) is 12.4. The van der Waals surface area contributed by atoms with Gasteiger partial charge in [0.15, 0.2) is 11.5 Å². The maximum Gasteiger partial charge on any atom is 0.264 e. The number of carbonyl (C=O) groups excluding carboxylic acids is 2. The number of hydrogen-bond acceptors (Lipinski definition) is 6. The smallest absolute Gasteiger partial charge is 0.264 e. The maximum absolute atomic E-state index is 14.6. The van der Waals surface area contributed by atoms with Gasteiger partial charge in [0.2, 0.25) is 11.8 Å². The molecule has 4 aromatic carbocycles. The van der Waals surface area contributed by atoms with Crippen molar-refractivity contribution in [2.45, 2.75) is 50.2 Å². The Morgan fingerprint density at radius 2 is 1.47 bits per heavy atom. The van der Waals surface area contributed by atoms with E-state index < -0.39 is 28.5 Å². The highest BCUT2D eigenvalue weighted by atomic mass is 35.5. The lowest BCUT2D eigenvalue weighted by Crippen LogP contribution is -2.54. The van der Waals surface area contributed by atoms with Crippen molar-refractivity contribution >= 4 is 39.1 Å². The summed E-state index contributed by atoms with van der Waals surface area (Å²) in [5.41, 5.74) is 1.63. The number of ether oxygens (including phenoxy) is 2. The molecule has 0 heterocycles. The Labute approximate surface area is 282 Å². The average Bonchev–Trinajstić information content (AvgIpc) is 3.09. The summed E-state index contributed by atoms with van der Waals surface area (Å²) >= 11 is 6.57. The van der Waals surface area contributed by atoms with Crippen LogP contribution in [0.5, 0.6) is 11.5 Å². The summed E-state index contributed by atoms with van der Waals surface area (Å²) < 4.78 is 40.3. The molecule has 9 nitrogen and oxygen atoms in total. The highest BCUT2D eigenvalue weighted by Crippen LogP contribution is 2.34. The van der Waals surface area contributed by atoms with Gasteiger partial charge in [-0.05, 0) is 54.8 Å². The Morgan fingerprint density at radius 3 is 2.09 bits per heavy atom. The Balaban J connectivity index is 1.85. The fourth-order valence-corrected chi connectivity index (χ4v) is 6.66. The summed E-state index contributed by atoms with van der Waals surface area (Å²) in [6.07, 6.45) is 0.881. The first kappa shape index (κ1) is 35.3. The largest absolute Gasteiger partial charge is 0.493 e. The van der Waals surface area contributed by atoms with Crippen LogP contribution in [0.4, 0.5) is 5.69 Å². The van der Waals surface area contributed by atoms with E-state index in [1.807, 2.05) is 44.2 Å². The number of sulfonamides is 1. The van der Waals surface area contributed by atoms with E-state index in [0.29, 0.717) is 22.8 Å². The number of halogens is 1. The molecule has 2 atom stereocenters. The summed E-state index contributed by atoms with van der Waals surface area (Å²) in [4.78, 5) is 30.0. The fourth-order valence-electron chi connectivity index (χ4n) is 5.03. The second kappa shape index (κ2) is 16.3. The molecular formula is C36H40ClN3O6S. The summed E-state index contributed by atoms with van der Waals surface area (Å²) in [7, 11) is -1.35. The van der Waals surface area contributed by atoms with E-state index in [-0.39, 0.29) is 41.2 Å². The van der Waals surface area contributed by atoms with Gasteiger partial charge in [-0.2, -0.15) is 0 Å². The number of rotatable bonds is 15. The molecule has 0 unspecified atom stereocenters. The fraction of sp³-hybridized carbons (Fsp3) is 0.278. The minimum absolute atomic E-state index is 0.00409. The first-order valence-electron chi connectivity index (χ1n) is 15.3. The summed E-state index contributed by atoms with van der Waals surface area (Å²) in [6.45, 7) is 3.20. The molecule has 0 aromatic heterocycles. The lowest BCUT2D eigenvalue weighted by molar-refractivity contribution is -0.140. The molecule has 0 saturated heterocycles. The summed E-state index contributed by atoms with van der Waals surface area (Å²) in [5.74, 6) is -0.273. The van der Waals surface area contributed by atoms with Gasteiger partial charge in [0.25, 0.3) is 10.0 Å². The first-order valence-corrected chi connectivity index (χ1v) is 17.1. The van der Waals surface area contributed by atoms with Crippen LogP contribution in [0.25, 0.3) is 0 Å². The van der Waals surface area contributed by atoms with Crippen molar-refractivity contribution in [2.24, 2.45) is 0 Å². The molecule has 0 spiro atoms. The van der Waals surface area contributed by atoms with E-state index in [1.54, 1.807) is 54.6 Å². The highest BCUT2D eigenvalue weighted by Gasteiger charge is 2.35. The van der Waals surface area contributed by atoms with Crippen LogP contribution in [0.3, 0.4) is 0 Å². The number of hydrogen-bond donors (Lipinski definition) is 1. The van der Waals surface area contributed by atoms with Gasteiger partial charge < -0.3 is 19.7 Å². The zero-order valence-electron chi connectivity index (χ0n) is 26.9. The number of carbonyl (C=O) groups is 2. The van der Waals surface area contributed by atoms with Crippen LogP contribution in [0.15, 0.2) is 108 Å². The van der Waals surface area contributed by atoms with Crippen LogP contribution < -0.4 is 19.1 Å². The monoisotopic (exact) mass is 677 g/mol. The predicted octanol–water partition coefficient (Wildman–Crippen LogP) is 6.11. The predicted molar refractivity (Wildman–Crippen MR) is 184 cm³/mol. The summed E-state index contributed by atoms with van der Waals surface area (Å²) in [6, 6.07) is 27.8. The number of nitrogens with one attached hydrogen (secondary N) is 1. The molecule has 0 radical (unpaired) electrons. The molecule has 0 fully saturated rings. The zero-order valence-corrected chi connectivity index (χ0v) is 28.5. The standard InChI is InChI=1S/C36H40ClN3O6S/c1-5-26(2)38-36(42)32(22-27-14-8-6-9-15-27)39(24-28-16-12-13-19-31(28)37)35(41)25-40(47(43,44)30-17-10-7-11-18-30)29-20-21-33(45-3)34(23-29)46-4/h6-21,23,26,32H,5,22,24-25H2,1-4H3,(H,38,42)/t26-,32-/m1/s1. The molecule has 0 bridgehead atoms. The van der Waals surface area contributed by atoms with Gasteiger partial charge in [0, 0.05) is 30.1 Å². The first-order chi connectivity index (χ1) is 22.6. The molecule has 11 heteroatoms. The molecular weight excluding hydrogens is 638 g/mol. The summed E-state index contributed by atoms with van der Waals surface area (Å²) in [5, 5.41) is 3.44. The van der Waals surface area contributed by atoms with E-state index >= 15 is 0 Å². The zero-order chi connectivity index (χ0) is 34.0. The van der Waals surface area contributed by atoms with Crippen LogP contribution in [0.1, 0.15) is 31.4 Å². The molecule has 4 aromatic rings. The van der Waals surface area contributed by atoms with Crippen molar-refractivity contribution in [3.8, 4) is 11.5 Å². The van der Waals surface area contributed by atoms with E-state index in [1.165, 1.54) is 37.3 Å². The van der Waals surface area contributed by atoms with Gasteiger partial charge in [-0.1, -0.05) is 85.3 Å². The van der Waals surface area contributed by atoms with Crippen molar-refractivity contribution in [2.75, 3.05) is 25.1 Å². The molecule has 2 amide bonds. The average molecular weight is 678 g/mol. The van der Waals surface area contributed by atoms with E-state index in [0.717, 1.165) is 9.87 Å². The lowest BCUT2D eigenvalue weighted by Gasteiger charge is -2.34. The molecule has 0 aliphatic rings. The Hall–Kier alpha value is -4.54. The van der Waals surface area contributed by atoms with E-state index in [2.05, 4.69) is 5.32 Å². The molecule has 47 heavy (non-hydrogen) atoms. The maximum atomic E-state index is 14.6. The van der Waals surface area contributed by atoms with Crippen molar-refractivity contribution in [3.63, 3.8) is 0 Å². The van der Waals surface area contributed by atoms with Gasteiger partial charge in [0.1, 0.15) is 12.6 Å². The van der Waals surface area contributed by atoms with Crippen LogP contribution in [0, 0.1) is 0 Å². The van der Waals surface area contributed by atoms with Crippen LogP contribution >= 0.6 is 11.6 Å². The van der Waals surface area contributed by atoms with Gasteiger partial charge in [0.05, 0.1) is 24.8 Å². The topological polar surface area (TPSA) is 105 Å². The lowest BCUT2D eigenvalue weighted by atomic mass is 10.0. The molecule has 248 valence electrons. The third-order valence-electron chi connectivity index (χ3n) is 7.84. The van der Waals surface area contributed by atoms with Crippen LogP contribution in [0.2, 0.25) is 5.02 Å². The van der Waals surface area contributed by atoms with E-state index in [9.17, 15) is 18.0 Å². The Kier molecular flexibility index (Phi) is 12.3. The number of anilines is 1. The number of methoxy groups -OCH3 is 2. The Morgan fingerprint density at radius 1 is 0.851 bits per heavy atom. The van der Waals surface area contributed by atoms with Gasteiger partial charge in [-0.15, -0.1) is 0 Å². The van der Waals surface area contributed by atoms with Gasteiger partial charge >= 0.3 is 0 Å². The van der Waals surface area contributed by atoms with Crippen LogP contribution in [-0.2, 0) is 32.6 Å². The van der Waals surface area contributed by atoms with Gasteiger partial charge in [-0.3, -0.25) is 13.9 Å². The van der Waals surface area contributed by atoms with Crippen molar-refractivity contribution in [1.29, 1.82) is 0 Å². The van der Waals surface area contributed by atoms with Gasteiger partial charge in [-0.25, -0.2) is 8.42 Å². The van der Waals surface area contributed by atoms with Crippen LogP contribution in [-0.4, -0.2) is 58.0 Å². The van der Waals surface area contributed by atoms with Crippen molar-refractivity contribution < 1.29 is 27.5 Å². The number of benzene rings is 4. The molecule has 4 rings (SSSR count). The second-order valence-electron chi connectivity index (χ2n) is 11.0. The molecule has 0 saturated carbocycles. The third-order valence-corrected chi connectivity index (χ3v) is 9.99. The molecule has 0 aliphatic heterocycles. The number of nitrogens with zero attached hydrogens (tertiary/aromatic N) is 2. The van der Waals surface area contributed by atoms with Crippen molar-refractivity contribution in [3.05, 3.63) is 119 Å². The molecule has 1 N–H and O–H groups in total. The SMILES string of the molecule is CC[C@@H](C)NC(=O)[C@@H](Cc1ccccc1)N(Cc1ccccc1Cl)C(=O)CN(c1ccc(OC)c(OC)c1)S(=O)(=O)c1ccccc1. The number of amides is 2. The van der Waals surface area contributed by atoms with E-state index in [4.69, 9.17) is 21.1 Å².